The van der Waals surface area contributed by atoms with Gasteiger partial charge in [-0.1, -0.05) is 23.8 Å². The largest absolute Gasteiger partial charge is 0.508 e. The van der Waals surface area contributed by atoms with Gasteiger partial charge in [0.25, 0.3) is 17.5 Å². The number of anilines is 1. The number of halogens is 2. The summed E-state index contributed by atoms with van der Waals surface area (Å²) in [5.74, 6) is -5.52. The Bertz CT molecular complexity index is 1510. The number of carbonyl (C=O) groups is 4. The molecule has 2 aromatic rings. The van der Waals surface area contributed by atoms with Crippen molar-refractivity contribution in [3.8, 4) is 5.75 Å². The van der Waals surface area contributed by atoms with E-state index in [1.54, 1.807) is 12.1 Å². The third-order valence-corrected chi connectivity index (χ3v) is 9.97. The molecule has 6 rings (SSSR count). The number of allylic oxidation sites excluding steroid dienone is 2. The summed E-state index contributed by atoms with van der Waals surface area (Å²) in [6, 6.07) is 11.2. The van der Waals surface area contributed by atoms with Crippen molar-refractivity contribution >= 4 is 58.2 Å². The Morgan fingerprint density at radius 1 is 0.949 bits per heavy atom. The van der Waals surface area contributed by atoms with E-state index in [2.05, 4.69) is 0 Å². The number of benzene rings is 2. The molecule has 2 aliphatic carbocycles. The lowest BCUT2D eigenvalue weighted by atomic mass is 9.56. The summed E-state index contributed by atoms with van der Waals surface area (Å²) in [5, 5.41) is 20.9. The topological polar surface area (TPSA) is 138 Å². The van der Waals surface area contributed by atoms with Crippen LogP contribution in [0.1, 0.15) is 24.3 Å². The second-order valence-electron chi connectivity index (χ2n) is 10.4. The molecule has 200 valence electrons. The fraction of sp³-hybridized carbons (Fsp3) is 0.333. The highest BCUT2D eigenvalue weighted by Crippen LogP contribution is 2.65. The van der Waals surface area contributed by atoms with Crippen molar-refractivity contribution < 1.29 is 29.2 Å². The monoisotopic (exact) mass is 569 g/mol. The van der Waals surface area contributed by atoms with E-state index in [0.29, 0.717) is 11.1 Å². The van der Waals surface area contributed by atoms with Crippen molar-refractivity contribution in [2.24, 2.45) is 17.8 Å². The molecule has 12 heteroatoms. The summed E-state index contributed by atoms with van der Waals surface area (Å²) in [4.78, 5) is 62.9. The lowest BCUT2D eigenvalue weighted by Gasteiger charge is -2.50. The van der Waals surface area contributed by atoms with Crippen molar-refractivity contribution in [2.45, 2.75) is 28.5 Å². The minimum absolute atomic E-state index is 0.00851. The van der Waals surface area contributed by atoms with Crippen LogP contribution in [0.3, 0.4) is 0 Å². The molecule has 0 unspecified atom stereocenters. The van der Waals surface area contributed by atoms with Crippen LogP contribution in [0, 0.1) is 27.9 Å². The van der Waals surface area contributed by atoms with Gasteiger partial charge in [-0.2, -0.15) is 0 Å². The van der Waals surface area contributed by atoms with Gasteiger partial charge in [0.05, 0.1) is 22.4 Å². The highest BCUT2D eigenvalue weighted by Gasteiger charge is 2.75. The molecule has 0 aromatic heterocycles. The number of likely N-dealkylation sites (tertiary alicyclic amines) is 1. The van der Waals surface area contributed by atoms with Crippen LogP contribution < -0.4 is 4.90 Å². The molecule has 2 aliphatic heterocycles. The number of non-ortho nitro benzene ring substituents is 1. The van der Waals surface area contributed by atoms with Gasteiger partial charge in [-0.15, -0.1) is 23.2 Å². The van der Waals surface area contributed by atoms with Gasteiger partial charge >= 0.3 is 0 Å². The van der Waals surface area contributed by atoms with E-state index in [9.17, 15) is 34.4 Å². The SMILES string of the molecule is CN1C(=O)[C@]2(Cl)C[C@@H]3C(=CC[C@@H]4C(=O)N(c5ccc([N+](=O)[O-])cc5)C(=O)[C@@H]43)[C@H](c3ccc(O)cc3)[C@]2(Cl)C1=O. The predicted octanol–water partition coefficient (Wildman–Crippen LogP) is 3.49. The Balaban J connectivity index is 1.47. The van der Waals surface area contributed by atoms with Crippen LogP contribution >= 0.6 is 23.2 Å². The molecule has 0 radical (unpaired) electrons. The minimum atomic E-state index is -1.89. The van der Waals surface area contributed by atoms with Crippen LogP contribution in [-0.4, -0.2) is 55.4 Å². The first-order valence-corrected chi connectivity index (χ1v) is 13.0. The van der Waals surface area contributed by atoms with Gasteiger partial charge in [0.2, 0.25) is 11.8 Å². The second kappa shape index (κ2) is 8.37. The van der Waals surface area contributed by atoms with Crippen molar-refractivity contribution in [1.29, 1.82) is 0 Å². The fourth-order valence-electron chi connectivity index (χ4n) is 6.76. The molecule has 0 spiro atoms. The number of carbonyl (C=O) groups excluding carboxylic acids is 4. The number of alkyl halides is 2. The van der Waals surface area contributed by atoms with Crippen LogP contribution in [-0.2, 0) is 19.2 Å². The molecular weight excluding hydrogens is 549 g/mol. The second-order valence-corrected chi connectivity index (χ2v) is 11.6. The van der Waals surface area contributed by atoms with Crippen LogP contribution in [0.25, 0.3) is 0 Å². The first-order chi connectivity index (χ1) is 18.4. The Labute approximate surface area is 231 Å². The molecule has 39 heavy (non-hydrogen) atoms. The summed E-state index contributed by atoms with van der Waals surface area (Å²) >= 11 is 14.2. The Morgan fingerprint density at radius 2 is 1.59 bits per heavy atom. The van der Waals surface area contributed by atoms with E-state index in [-0.39, 0.29) is 30.0 Å². The number of amides is 4. The smallest absolute Gasteiger partial charge is 0.269 e. The molecular formula is C27H21Cl2N3O7. The number of rotatable bonds is 3. The maximum absolute atomic E-state index is 13.9. The number of phenolic OH excluding ortho intramolecular Hbond substituents is 1. The van der Waals surface area contributed by atoms with E-state index in [1.165, 1.54) is 43.4 Å². The summed E-state index contributed by atoms with van der Waals surface area (Å²) < 4.78 is 0. The number of phenols is 1. The van der Waals surface area contributed by atoms with Crippen molar-refractivity contribution in [3.63, 3.8) is 0 Å². The average Bonchev–Trinajstić information content (AvgIpc) is 3.24. The van der Waals surface area contributed by atoms with Gasteiger partial charge in [-0.25, -0.2) is 0 Å². The molecule has 2 saturated heterocycles. The van der Waals surface area contributed by atoms with Gasteiger partial charge in [0.15, 0.2) is 9.75 Å². The predicted molar refractivity (Wildman–Crippen MR) is 139 cm³/mol. The Morgan fingerprint density at radius 3 is 2.21 bits per heavy atom. The molecule has 6 atom stereocenters. The zero-order valence-electron chi connectivity index (χ0n) is 20.4. The third-order valence-electron chi connectivity index (χ3n) is 8.56. The van der Waals surface area contributed by atoms with Crippen molar-refractivity contribution in [1.82, 2.24) is 4.90 Å². The lowest BCUT2D eigenvalue weighted by Crippen LogP contribution is -2.60. The van der Waals surface area contributed by atoms with Gasteiger partial charge in [0.1, 0.15) is 5.75 Å². The molecule has 2 heterocycles. The quantitative estimate of drug-likeness (QED) is 0.196. The van der Waals surface area contributed by atoms with E-state index < -0.39 is 62.0 Å². The molecule has 3 fully saturated rings. The highest BCUT2D eigenvalue weighted by atomic mass is 35.5. The number of hydrogen-bond donors (Lipinski definition) is 1. The first-order valence-electron chi connectivity index (χ1n) is 12.2. The molecule has 1 saturated carbocycles. The van der Waals surface area contributed by atoms with E-state index in [1.807, 2.05) is 6.08 Å². The zero-order chi connectivity index (χ0) is 28.0. The van der Waals surface area contributed by atoms with Gasteiger partial charge in [-0.3, -0.25) is 39.1 Å². The highest BCUT2D eigenvalue weighted by molar-refractivity contribution is 6.53. The van der Waals surface area contributed by atoms with Gasteiger partial charge in [0, 0.05) is 25.1 Å². The minimum Gasteiger partial charge on any atom is -0.508 e. The van der Waals surface area contributed by atoms with Crippen LogP contribution in [0.4, 0.5) is 11.4 Å². The maximum atomic E-state index is 13.9. The normalized spacial score (nSPS) is 33.6. The zero-order valence-corrected chi connectivity index (χ0v) is 21.9. The standard InChI is InChI=1S/C27H21Cl2N3O7/c1-30-24(36)26(28)12-19-17(21(27(26,29)25(30)37)13-2-8-16(33)9-3-13)10-11-18-20(19)23(35)31(22(18)34)14-4-6-15(7-5-14)32(38)39/h2-10,18-21,33H,11-12H2,1H3/t18-,19+,20-,21-,26+,27-/m0/s1. The number of fused-ring (bicyclic) bond motifs is 4. The number of nitrogens with zero attached hydrogens (tertiary/aromatic N) is 3. The number of hydrogen-bond acceptors (Lipinski definition) is 7. The molecule has 0 bridgehead atoms. The van der Waals surface area contributed by atoms with Crippen LogP contribution in [0.2, 0.25) is 0 Å². The third kappa shape index (κ3) is 3.21. The van der Waals surface area contributed by atoms with E-state index in [0.717, 1.165) is 9.80 Å². The summed E-state index contributed by atoms with van der Waals surface area (Å²) in [6.07, 6.45) is 1.87. The first kappa shape index (κ1) is 25.5. The number of nitro benzene ring substituents is 1. The van der Waals surface area contributed by atoms with Crippen LogP contribution in [0.5, 0.6) is 5.75 Å². The summed E-state index contributed by atoms with van der Waals surface area (Å²) in [7, 11) is 1.31. The maximum Gasteiger partial charge on any atom is 0.269 e. The Hall–Kier alpha value is -3.76. The van der Waals surface area contributed by atoms with Gasteiger partial charge in [-0.05, 0) is 48.6 Å². The van der Waals surface area contributed by atoms with Crippen molar-refractivity contribution in [3.05, 3.63) is 75.9 Å². The van der Waals surface area contributed by atoms with Gasteiger partial charge < -0.3 is 5.11 Å². The van der Waals surface area contributed by atoms with E-state index >= 15 is 0 Å². The fourth-order valence-corrected chi connectivity index (χ4v) is 7.78. The number of imide groups is 2. The molecule has 4 amide bonds. The van der Waals surface area contributed by atoms with E-state index in [4.69, 9.17) is 23.2 Å². The van der Waals surface area contributed by atoms with Crippen LogP contribution in [0.15, 0.2) is 60.2 Å². The Kier molecular flexibility index (Phi) is 5.47. The number of nitro groups is 1. The average molecular weight is 570 g/mol. The number of aromatic hydroxyl groups is 1. The summed E-state index contributed by atoms with van der Waals surface area (Å²) in [5.41, 5.74) is 1.19. The molecule has 10 nitrogen and oxygen atoms in total. The molecule has 4 aliphatic rings. The lowest BCUT2D eigenvalue weighted by molar-refractivity contribution is -0.384. The molecule has 2 aromatic carbocycles. The van der Waals surface area contributed by atoms with Crippen molar-refractivity contribution in [2.75, 3.05) is 11.9 Å². The summed E-state index contributed by atoms with van der Waals surface area (Å²) in [6.45, 7) is 0. The molecule has 1 N–H and O–H groups in total.